The maximum atomic E-state index is 13.7. The Labute approximate surface area is 129 Å². The Kier molecular flexibility index (Phi) is 5.90. The van der Waals surface area contributed by atoms with Gasteiger partial charge in [0.05, 0.1) is 21.4 Å². The van der Waals surface area contributed by atoms with Crippen LogP contribution in [0.4, 0.5) is 4.39 Å². The number of hydrogen-bond acceptors (Lipinski definition) is 6. The summed E-state index contributed by atoms with van der Waals surface area (Å²) < 4.78 is 55.1. The molecule has 0 atom stereocenters. The number of esters is 1. The fourth-order valence-electron chi connectivity index (χ4n) is 1.40. The minimum Gasteiger partial charge on any atom is -0.748 e. The fraction of sp³-hybridized carbons (Fsp3) is 0.500. The summed E-state index contributed by atoms with van der Waals surface area (Å²) in [5, 5.41) is 0. The van der Waals surface area contributed by atoms with Crippen molar-refractivity contribution in [2.45, 2.75) is 32.8 Å². The third-order valence-corrected chi connectivity index (χ3v) is 3.64. The quantitative estimate of drug-likeness (QED) is 0.560. The molecule has 0 aromatic heterocycles. The first-order chi connectivity index (χ1) is 10.0. The van der Waals surface area contributed by atoms with Crippen LogP contribution in [0, 0.1) is 5.82 Å². The lowest BCUT2D eigenvalue weighted by Gasteiger charge is -2.25. The van der Waals surface area contributed by atoms with Crippen LogP contribution in [0.25, 0.3) is 0 Å². The third-order valence-electron chi connectivity index (χ3n) is 2.97. The van der Waals surface area contributed by atoms with Crippen molar-refractivity contribution in [2.24, 2.45) is 0 Å². The van der Waals surface area contributed by atoms with E-state index < -0.39 is 39.9 Å². The summed E-state index contributed by atoms with van der Waals surface area (Å²) in [6.07, 6.45) is 0.627. The summed E-state index contributed by atoms with van der Waals surface area (Å²) in [5.41, 5.74) is -0.605. The van der Waals surface area contributed by atoms with Gasteiger partial charge in [-0.3, -0.25) is 0 Å². The van der Waals surface area contributed by atoms with Crippen molar-refractivity contribution in [3.63, 3.8) is 0 Å². The molecule has 22 heavy (non-hydrogen) atoms. The average molecular weight is 333 g/mol. The first-order valence-corrected chi connectivity index (χ1v) is 8.21. The number of halogens is 1. The lowest BCUT2D eigenvalue weighted by Crippen LogP contribution is -2.27. The predicted octanol–water partition coefficient (Wildman–Crippen LogP) is 2.10. The molecule has 0 fully saturated rings. The van der Waals surface area contributed by atoms with Gasteiger partial charge in [0, 0.05) is 0 Å². The molecule has 0 radical (unpaired) electrons. The van der Waals surface area contributed by atoms with Crippen LogP contribution in [0.2, 0.25) is 0 Å². The van der Waals surface area contributed by atoms with Crippen LogP contribution in [0.3, 0.4) is 0 Å². The second-order valence-corrected chi connectivity index (χ2v) is 6.78. The molecule has 0 unspecified atom stereocenters. The molecule has 0 N–H and O–H groups in total. The molecule has 1 rings (SSSR count). The van der Waals surface area contributed by atoms with Crippen LogP contribution in [0.5, 0.6) is 5.75 Å². The van der Waals surface area contributed by atoms with Crippen LogP contribution < -0.4 is 4.74 Å². The summed E-state index contributed by atoms with van der Waals surface area (Å²) in [7, 11) is -4.46. The molecule has 0 amide bonds. The van der Waals surface area contributed by atoms with Crippen molar-refractivity contribution in [1.82, 2.24) is 0 Å². The molecule has 0 spiro atoms. The molecule has 8 heteroatoms. The number of carbonyl (C=O) groups is 1. The number of carbonyl (C=O) groups excluding carboxylic acids is 1. The summed E-state index contributed by atoms with van der Waals surface area (Å²) in [4.78, 5) is 11.7. The van der Waals surface area contributed by atoms with Gasteiger partial charge in [-0.25, -0.2) is 17.6 Å². The maximum absolute atomic E-state index is 13.7. The Morgan fingerprint density at radius 2 is 2.00 bits per heavy atom. The highest BCUT2D eigenvalue weighted by molar-refractivity contribution is 7.85. The Hall–Kier alpha value is -1.67. The highest BCUT2D eigenvalue weighted by atomic mass is 32.2. The van der Waals surface area contributed by atoms with Crippen LogP contribution >= 0.6 is 0 Å². The van der Waals surface area contributed by atoms with Gasteiger partial charge in [-0.2, -0.15) is 0 Å². The van der Waals surface area contributed by atoms with Crippen LogP contribution in [-0.2, 0) is 14.9 Å². The van der Waals surface area contributed by atoms with E-state index in [1.165, 1.54) is 12.1 Å². The molecule has 6 nitrogen and oxygen atoms in total. The second-order valence-electron chi connectivity index (χ2n) is 5.26. The van der Waals surface area contributed by atoms with Crippen molar-refractivity contribution in [3.8, 4) is 5.75 Å². The summed E-state index contributed by atoms with van der Waals surface area (Å²) in [6, 6.07) is 3.43. The van der Waals surface area contributed by atoms with Crippen molar-refractivity contribution >= 4 is 16.1 Å². The lowest BCUT2D eigenvalue weighted by atomic mass is 10.1. The van der Waals surface area contributed by atoms with Gasteiger partial charge in [0.25, 0.3) is 0 Å². The molecule has 0 heterocycles. The molecule has 1 aromatic carbocycles. The molecule has 124 valence electrons. The van der Waals surface area contributed by atoms with Crippen LogP contribution in [-0.4, -0.2) is 36.9 Å². The number of benzene rings is 1. The van der Waals surface area contributed by atoms with E-state index in [-0.39, 0.29) is 11.3 Å². The zero-order valence-corrected chi connectivity index (χ0v) is 13.4. The van der Waals surface area contributed by atoms with E-state index in [1.807, 2.05) is 6.92 Å². The molecule has 0 saturated heterocycles. The molecular formula is C14H18FO6S-. The van der Waals surface area contributed by atoms with Gasteiger partial charge in [-0.15, -0.1) is 0 Å². The zero-order valence-electron chi connectivity index (χ0n) is 12.6. The van der Waals surface area contributed by atoms with Gasteiger partial charge in [-0.05, 0) is 38.5 Å². The first-order valence-electron chi connectivity index (χ1n) is 6.63. The standard InChI is InChI=1S/C14H19FO6S/c1-4-14(2,3)21-12-9-10(5-6-11(12)15)13(16)20-7-8-22(17,18)19/h5-6,9H,4,7-8H2,1-3H3,(H,17,18,19)/p-1. The summed E-state index contributed by atoms with van der Waals surface area (Å²) in [5.74, 6) is -2.40. The second kappa shape index (κ2) is 7.06. The number of rotatable bonds is 7. The van der Waals surface area contributed by atoms with Gasteiger partial charge in [-0.1, -0.05) is 6.92 Å². The van der Waals surface area contributed by atoms with E-state index in [0.29, 0.717) is 6.42 Å². The van der Waals surface area contributed by atoms with E-state index in [9.17, 15) is 22.2 Å². The highest BCUT2D eigenvalue weighted by Gasteiger charge is 2.20. The normalized spacial score (nSPS) is 12.0. The predicted molar refractivity (Wildman–Crippen MR) is 76.2 cm³/mol. The third kappa shape index (κ3) is 5.98. The van der Waals surface area contributed by atoms with Gasteiger partial charge in [0.1, 0.15) is 12.2 Å². The van der Waals surface area contributed by atoms with E-state index in [2.05, 4.69) is 4.74 Å². The summed E-state index contributed by atoms with van der Waals surface area (Å²) >= 11 is 0. The molecule has 0 aliphatic heterocycles. The first kappa shape index (κ1) is 18.4. The Morgan fingerprint density at radius 3 is 2.55 bits per heavy atom. The van der Waals surface area contributed by atoms with Crippen LogP contribution in [0.15, 0.2) is 18.2 Å². The molecule has 0 bridgehead atoms. The Morgan fingerprint density at radius 1 is 1.36 bits per heavy atom. The maximum Gasteiger partial charge on any atom is 0.338 e. The van der Waals surface area contributed by atoms with Crippen molar-refractivity contribution in [1.29, 1.82) is 0 Å². The van der Waals surface area contributed by atoms with E-state index in [4.69, 9.17) is 4.74 Å². The Balaban J connectivity index is 2.82. The zero-order chi connectivity index (χ0) is 17.0. The van der Waals surface area contributed by atoms with Crippen molar-refractivity contribution in [2.75, 3.05) is 12.4 Å². The van der Waals surface area contributed by atoms with E-state index in [0.717, 1.165) is 6.07 Å². The largest absolute Gasteiger partial charge is 0.748 e. The van der Waals surface area contributed by atoms with Gasteiger partial charge in [0.2, 0.25) is 0 Å². The topological polar surface area (TPSA) is 92.7 Å². The minimum absolute atomic E-state index is 0.00611. The summed E-state index contributed by atoms with van der Waals surface area (Å²) in [6.45, 7) is 4.87. The number of hydrogen-bond donors (Lipinski definition) is 0. The molecule has 0 saturated carbocycles. The van der Waals surface area contributed by atoms with E-state index >= 15 is 0 Å². The van der Waals surface area contributed by atoms with Crippen molar-refractivity contribution in [3.05, 3.63) is 29.6 Å². The molecular weight excluding hydrogens is 315 g/mol. The fourth-order valence-corrected chi connectivity index (χ4v) is 1.69. The van der Waals surface area contributed by atoms with Gasteiger partial charge in [0.15, 0.2) is 11.6 Å². The van der Waals surface area contributed by atoms with Gasteiger partial charge >= 0.3 is 5.97 Å². The molecule has 0 aliphatic carbocycles. The SMILES string of the molecule is CCC(C)(C)Oc1cc(C(=O)OCCS(=O)(=O)[O-])ccc1F. The highest BCUT2D eigenvalue weighted by Crippen LogP contribution is 2.25. The molecule has 1 aromatic rings. The van der Waals surface area contributed by atoms with Crippen LogP contribution in [0.1, 0.15) is 37.6 Å². The molecule has 0 aliphatic rings. The average Bonchev–Trinajstić information content (AvgIpc) is 2.39. The number of ether oxygens (including phenoxy) is 2. The lowest BCUT2D eigenvalue weighted by molar-refractivity contribution is 0.0525. The smallest absolute Gasteiger partial charge is 0.338 e. The van der Waals surface area contributed by atoms with Gasteiger partial charge < -0.3 is 14.0 Å². The minimum atomic E-state index is -4.46. The Bertz CT molecular complexity index is 639. The van der Waals surface area contributed by atoms with E-state index in [1.54, 1.807) is 13.8 Å². The van der Waals surface area contributed by atoms with Crippen molar-refractivity contribution < 1.29 is 31.6 Å². The monoisotopic (exact) mass is 333 g/mol.